The first-order chi connectivity index (χ1) is 9.72. The summed E-state index contributed by atoms with van der Waals surface area (Å²) in [4.78, 5) is 2.70. The Hall–Kier alpha value is -0.380. The molecule has 0 radical (unpaired) electrons. The fourth-order valence-electron chi connectivity index (χ4n) is 3.84. The Morgan fingerprint density at radius 1 is 1.20 bits per heavy atom. The summed E-state index contributed by atoms with van der Waals surface area (Å²) in [5, 5.41) is 3.89. The molecule has 1 aromatic rings. The lowest BCUT2D eigenvalue weighted by atomic mass is 9.97. The van der Waals surface area contributed by atoms with E-state index in [-0.39, 0.29) is 0 Å². The first-order valence-corrected chi connectivity index (χ1v) is 8.76. The highest BCUT2D eigenvalue weighted by Gasteiger charge is 2.35. The Kier molecular flexibility index (Phi) is 4.79. The van der Waals surface area contributed by atoms with Gasteiger partial charge in [0.1, 0.15) is 0 Å². The summed E-state index contributed by atoms with van der Waals surface area (Å²) in [6.45, 7) is 4.95. The van der Waals surface area contributed by atoms with Gasteiger partial charge in [0.05, 0.1) is 0 Å². The molecule has 2 nitrogen and oxygen atoms in total. The van der Waals surface area contributed by atoms with Gasteiger partial charge in [-0.1, -0.05) is 34.5 Å². The fourth-order valence-corrected chi connectivity index (χ4v) is 4.10. The SMILES string of the molecule is CC(Cc1ccc(Br)cc1)NC1CCN2CCCCC12. The van der Waals surface area contributed by atoms with Crippen LogP contribution in [0.5, 0.6) is 0 Å². The summed E-state index contributed by atoms with van der Waals surface area (Å²) in [6.07, 6.45) is 6.66. The van der Waals surface area contributed by atoms with Crippen LogP contribution in [0.2, 0.25) is 0 Å². The molecule has 1 N–H and O–H groups in total. The zero-order chi connectivity index (χ0) is 13.9. The maximum Gasteiger partial charge on any atom is 0.0249 e. The zero-order valence-corrected chi connectivity index (χ0v) is 13.9. The van der Waals surface area contributed by atoms with Gasteiger partial charge in [-0.15, -0.1) is 0 Å². The van der Waals surface area contributed by atoms with Gasteiger partial charge in [-0.05, 0) is 56.8 Å². The van der Waals surface area contributed by atoms with E-state index in [2.05, 4.69) is 57.3 Å². The Morgan fingerprint density at radius 3 is 2.80 bits per heavy atom. The number of nitrogens with zero attached hydrogens (tertiary/aromatic N) is 1. The van der Waals surface area contributed by atoms with E-state index in [0.717, 1.165) is 16.9 Å². The largest absolute Gasteiger partial charge is 0.310 e. The molecule has 0 amide bonds. The van der Waals surface area contributed by atoms with Gasteiger partial charge >= 0.3 is 0 Å². The Morgan fingerprint density at radius 2 is 2.00 bits per heavy atom. The minimum absolute atomic E-state index is 0.558. The van der Waals surface area contributed by atoms with Gasteiger partial charge in [-0.3, -0.25) is 4.90 Å². The lowest BCUT2D eigenvalue weighted by Gasteiger charge is -2.33. The molecule has 2 heterocycles. The molecule has 0 spiro atoms. The minimum atomic E-state index is 0.558. The highest BCUT2D eigenvalue weighted by Crippen LogP contribution is 2.27. The van der Waals surface area contributed by atoms with Crippen LogP contribution in [0.25, 0.3) is 0 Å². The average molecular weight is 337 g/mol. The van der Waals surface area contributed by atoms with Crippen molar-refractivity contribution in [2.24, 2.45) is 0 Å². The first kappa shape index (κ1) is 14.6. The van der Waals surface area contributed by atoms with Crippen molar-refractivity contribution < 1.29 is 0 Å². The van der Waals surface area contributed by atoms with Crippen molar-refractivity contribution in [2.75, 3.05) is 13.1 Å². The van der Waals surface area contributed by atoms with Crippen LogP contribution in [0.1, 0.15) is 38.2 Å². The van der Waals surface area contributed by atoms with Gasteiger partial charge in [-0.2, -0.15) is 0 Å². The van der Waals surface area contributed by atoms with E-state index >= 15 is 0 Å². The number of hydrogen-bond acceptors (Lipinski definition) is 2. The summed E-state index contributed by atoms with van der Waals surface area (Å²) >= 11 is 3.50. The average Bonchev–Trinajstić information content (AvgIpc) is 2.85. The second-order valence-electron chi connectivity index (χ2n) is 6.39. The number of benzene rings is 1. The van der Waals surface area contributed by atoms with E-state index in [1.807, 2.05) is 0 Å². The van der Waals surface area contributed by atoms with Crippen LogP contribution in [0.15, 0.2) is 28.7 Å². The zero-order valence-electron chi connectivity index (χ0n) is 12.3. The molecule has 0 saturated carbocycles. The molecule has 110 valence electrons. The Balaban J connectivity index is 1.53. The van der Waals surface area contributed by atoms with E-state index in [0.29, 0.717) is 12.1 Å². The number of rotatable bonds is 4. The predicted octanol–water partition coefficient (Wildman–Crippen LogP) is 3.60. The molecule has 0 aliphatic carbocycles. The summed E-state index contributed by atoms with van der Waals surface area (Å²) in [7, 11) is 0. The molecule has 0 aromatic heterocycles. The number of halogens is 1. The Bertz CT molecular complexity index is 431. The van der Waals surface area contributed by atoms with Crippen LogP contribution in [0.4, 0.5) is 0 Å². The third-order valence-electron chi connectivity index (χ3n) is 4.81. The third-order valence-corrected chi connectivity index (χ3v) is 5.34. The highest BCUT2D eigenvalue weighted by molar-refractivity contribution is 9.10. The van der Waals surface area contributed by atoms with Crippen molar-refractivity contribution in [1.82, 2.24) is 10.2 Å². The van der Waals surface area contributed by atoms with E-state index in [1.165, 1.54) is 44.3 Å². The highest BCUT2D eigenvalue weighted by atomic mass is 79.9. The molecule has 2 saturated heterocycles. The van der Waals surface area contributed by atoms with Gasteiger partial charge in [0.2, 0.25) is 0 Å². The number of nitrogens with one attached hydrogen (secondary N) is 1. The van der Waals surface area contributed by atoms with Crippen molar-refractivity contribution in [3.05, 3.63) is 34.3 Å². The molecule has 3 atom stereocenters. The van der Waals surface area contributed by atoms with E-state index in [1.54, 1.807) is 0 Å². The summed E-state index contributed by atoms with van der Waals surface area (Å²) in [5.74, 6) is 0. The first-order valence-electron chi connectivity index (χ1n) is 7.97. The van der Waals surface area contributed by atoms with E-state index in [4.69, 9.17) is 0 Å². The molecule has 3 rings (SSSR count). The molecule has 2 fully saturated rings. The molecule has 20 heavy (non-hydrogen) atoms. The number of piperidine rings is 1. The van der Waals surface area contributed by atoms with Gasteiger partial charge in [0.25, 0.3) is 0 Å². The number of hydrogen-bond donors (Lipinski definition) is 1. The maximum atomic E-state index is 3.89. The lowest BCUT2D eigenvalue weighted by Crippen LogP contribution is -2.48. The number of fused-ring (bicyclic) bond motifs is 1. The van der Waals surface area contributed by atoms with Gasteiger partial charge < -0.3 is 5.32 Å². The van der Waals surface area contributed by atoms with E-state index in [9.17, 15) is 0 Å². The van der Waals surface area contributed by atoms with Crippen LogP contribution in [-0.2, 0) is 6.42 Å². The third kappa shape index (κ3) is 3.44. The van der Waals surface area contributed by atoms with Crippen LogP contribution in [0.3, 0.4) is 0 Å². The van der Waals surface area contributed by atoms with Crippen molar-refractivity contribution in [2.45, 2.75) is 57.2 Å². The second-order valence-corrected chi connectivity index (χ2v) is 7.31. The molecule has 0 bridgehead atoms. The van der Waals surface area contributed by atoms with Crippen LogP contribution in [0, 0.1) is 0 Å². The maximum absolute atomic E-state index is 3.89. The van der Waals surface area contributed by atoms with Gasteiger partial charge in [0, 0.05) is 29.1 Å². The van der Waals surface area contributed by atoms with Crippen molar-refractivity contribution in [3.63, 3.8) is 0 Å². The minimum Gasteiger partial charge on any atom is -0.310 e. The van der Waals surface area contributed by atoms with Gasteiger partial charge in [0.15, 0.2) is 0 Å². The smallest absolute Gasteiger partial charge is 0.0249 e. The molecule has 2 aliphatic rings. The molecule has 3 heteroatoms. The second kappa shape index (κ2) is 6.59. The molecule has 3 unspecified atom stereocenters. The molecular weight excluding hydrogens is 312 g/mol. The summed E-state index contributed by atoms with van der Waals surface area (Å²) < 4.78 is 1.16. The monoisotopic (exact) mass is 336 g/mol. The predicted molar refractivity (Wildman–Crippen MR) is 88.1 cm³/mol. The standard InChI is InChI=1S/C17H25BrN2/c1-13(12-14-5-7-15(18)8-6-14)19-16-9-11-20-10-3-2-4-17(16)20/h5-8,13,16-17,19H,2-4,9-12H2,1H3. The van der Waals surface area contributed by atoms with Crippen molar-refractivity contribution >= 4 is 15.9 Å². The van der Waals surface area contributed by atoms with Crippen LogP contribution in [-0.4, -0.2) is 36.1 Å². The quantitative estimate of drug-likeness (QED) is 0.903. The summed E-state index contributed by atoms with van der Waals surface area (Å²) in [5.41, 5.74) is 1.42. The normalized spacial score (nSPS) is 28.3. The van der Waals surface area contributed by atoms with E-state index < -0.39 is 0 Å². The lowest BCUT2D eigenvalue weighted by molar-refractivity contribution is 0.177. The molecular formula is C17H25BrN2. The van der Waals surface area contributed by atoms with Gasteiger partial charge in [-0.25, -0.2) is 0 Å². The topological polar surface area (TPSA) is 15.3 Å². The molecule has 1 aromatic carbocycles. The van der Waals surface area contributed by atoms with Crippen LogP contribution < -0.4 is 5.32 Å². The van der Waals surface area contributed by atoms with Crippen molar-refractivity contribution in [1.29, 1.82) is 0 Å². The Labute approximate surface area is 131 Å². The van der Waals surface area contributed by atoms with Crippen molar-refractivity contribution in [3.8, 4) is 0 Å². The molecule has 2 aliphatic heterocycles. The summed E-state index contributed by atoms with van der Waals surface area (Å²) in [6, 6.07) is 10.8. The van der Waals surface area contributed by atoms with Crippen LogP contribution >= 0.6 is 15.9 Å². The fraction of sp³-hybridized carbons (Fsp3) is 0.647.